The van der Waals surface area contributed by atoms with E-state index < -0.39 is 4.92 Å². The van der Waals surface area contributed by atoms with E-state index in [4.69, 9.17) is 0 Å². The second-order valence-corrected chi connectivity index (χ2v) is 6.97. The highest BCUT2D eigenvalue weighted by Gasteiger charge is 2.11. The molecule has 0 spiro atoms. The van der Waals surface area contributed by atoms with Crippen LogP contribution < -0.4 is 5.43 Å². The van der Waals surface area contributed by atoms with Gasteiger partial charge in [0.25, 0.3) is 5.69 Å². The van der Waals surface area contributed by atoms with Crippen LogP contribution in [0.1, 0.15) is 18.9 Å². The molecule has 4 aromatic rings. The normalized spacial score (nSPS) is 11.7. The monoisotopic (exact) mass is 400 g/mol. The van der Waals surface area contributed by atoms with Crippen LogP contribution in [0.15, 0.2) is 77.9 Å². The minimum absolute atomic E-state index is 0.0155. The Balaban J connectivity index is 1.46. The Morgan fingerprint density at radius 2 is 1.53 bits per heavy atom. The van der Waals surface area contributed by atoms with E-state index >= 15 is 0 Å². The molecule has 3 aromatic carbocycles. The number of hydrogen-bond donors (Lipinski definition) is 1. The molecule has 1 heterocycles. The van der Waals surface area contributed by atoms with Crippen molar-refractivity contribution in [3.05, 3.63) is 88.5 Å². The van der Waals surface area contributed by atoms with E-state index in [9.17, 15) is 14.9 Å². The number of benzene rings is 3. The number of hydrazone groups is 1. The van der Waals surface area contributed by atoms with Gasteiger partial charge in [-0.1, -0.05) is 36.4 Å². The van der Waals surface area contributed by atoms with Gasteiger partial charge in [-0.15, -0.1) is 0 Å². The molecule has 0 aliphatic carbocycles. The maximum Gasteiger partial charge on any atom is 0.269 e. The van der Waals surface area contributed by atoms with Crippen molar-refractivity contribution in [1.82, 2.24) is 9.99 Å². The lowest BCUT2D eigenvalue weighted by Gasteiger charge is -2.07. The predicted molar refractivity (Wildman–Crippen MR) is 118 cm³/mol. The Morgan fingerprint density at radius 1 is 0.967 bits per heavy atom. The van der Waals surface area contributed by atoms with Crippen molar-refractivity contribution in [3.63, 3.8) is 0 Å². The van der Waals surface area contributed by atoms with Crippen molar-refractivity contribution in [2.24, 2.45) is 5.10 Å². The number of carbonyl (C=O) groups is 1. The number of non-ortho nitro benzene ring substituents is 1. The van der Waals surface area contributed by atoms with Crippen LogP contribution in [0.5, 0.6) is 0 Å². The van der Waals surface area contributed by atoms with E-state index in [2.05, 4.69) is 39.4 Å². The third-order valence-electron chi connectivity index (χ3n) is 5.09. The second kappa shape index (κ2) is 8.16. The van der Waals surface area contributed by atoms with Crippen LogP contribution in [-0.4, -0.2) is 21.1 Å². The highest BCUT2D eigenvalue weighted by atomic mass is 16.6. The number of rotatable bonds is 6. The maximum atomic E-state index is 12.4. The first-order chi connectivity index (χ1) is 14.5. The molecule has 4 rings (SSSR count). The maximum absolute atomic E-state index is 12.4. The fourth-order valence-electron chi connectivity index (χ4n) is 3.55. The van der Waals surface area contributed by atoms with Crippen molar-refractivity contribution in [2.45, 2.75) is 19.9 Å². The van der Waals surface area contributed by atoms with Crippen molar-refractivity contribution in [2.75, 3.05) is 0 Å². The van der Waals surface area contributed by atoms with Crippen LogP contribution in [0.4, 0.5) is 5.69 Å². The van der Waals surface area contributed by atoms with Gasteiger partial charge < -0.3 is 4.57 Å². The molecule has 0 aliphatic heterocycles. The van der Waals surface area contributed by atoms with Crippen LogP contribution >= 0.6 is 0 Å². The summed E-state index contributed by atoms with van der Waals surface area (Å²) in [5.41, 5.74) is 6.07. The molecule has 0 atom stereocenters. The molecule has 1 N–H and O–H groups in total. The first-order valence-electron chi connectivity index (χ1n) is 9.58. The van der Waals surface area contributed by atoms with Gasteiger partial charge in [0.2, 0.25) is 5.91 Å². The Labute approximate surface area is 172 Å². The van der Waals surface area contributed by atoms with Crippen LogP contribution in [0.3, 0.4) is 0 Å². The van der Waals surface area contributed by atoms with Crippen LogP contribution in [0.2, 0.25) is 0 Å². The number of carbonyl (C=O) groups excluding carboxylic acids is 1. The number of nitrogens with one attached hydrogen (secondary N) is 1. The molecule has 0 aliphatic rings. The first-order valence-corrected chi connectivity index (χ1v) is 9.58. The standard InChI is InChI=1S/C23H20N4O3/c1-16(17-10-12-18(13-11-17)27(29)30)24-25-23(28)14-15-26-21-8-4-2-6-19(21)20-7-3-5-9-22(20)26/h2-13H,14-15H2,1H3,(H,25,28). The molecule has 150 valence electrons. The smallest absolute Gasteiger partial charge is 0.269 e. The number of nitro benzene ring substituents is 1. The van der Waals surface area contributed by atoms with Crippen molar-refractivity contribution in [3.8, 4) is 0 Å². The van der Waals surface area contributed by atoms with Crippen LogP contribution in [0, 0.1) is 10.1 Å². The zero-order valence-electron chi connectivity index (χ0n) is 16.4. The summed E-state index contributed by atoms with van der Waals surface area (Å²) in [6.07, 6.45) is 0.277. The summed E-state index contributed by atoms with van der Waals surface area (Å²) in [4.78, 5) is 22.7. The molecule has 0 radical (unpaired) electrons. The Bertz CT molecular complexity index is 1220. The minimum atomic E-state index is -0.452. The molecular weight excluding hydrogens is 380 g/mol. The van der Waals surface area contributed by atoms with Gasteiger partial charge in [-0.05, 0) is 36.8 Å². The Morgan fingerprint density at radius 3 is 2.10 bits per heavy atom. The molecule has 1 amide bonds. The van der Waals surface area contributed by atoms with E-state index in [1.54, 1.807) is 19.1 Å². The van der Waals surface area contributed by atoms with Crippen molar-refractivity contribution >= 4 is 39.1 Å². The summed E-state index contributed by atoms with van der Waals surface area (Å²) in [6.45, 7) is 2.28. The average Bonchev–Trinajstić information content (AvgIpc) is 3.10. The van der Waals surface area contributed by atoms with Gasteiger partial charge in [0.15, 0.2) is 0 Å². The summed E-state index contributed by atoms with van der Waals surface area (Å²) >= 11 is 0. The Hall–Kier alpha value is -4.00. The van der Waals surface area contributed by atoms with Gasteiger partial charge in [0.1, 0.15) is 0 Å². The molecule has 0 fully saturated rings. The molecule has 0 bridgehead atoms. The van der Waals surface area contributed by atoms with E-state index in [0.717, 1.165) is 11.0 Å². The van der Waals surface area contributed by atoms with Gasteiger partial charge in [-0.3, -0.25) is 14.9 Å². The molecule has 7 nitrogen and oxygen atoms in total. The van der Waals surface area contributed by atoms with Gasteiger partial charge in [-0.2, -0.15) is 5.10 Å². The van der Waals surface area contributed by atoms with E-state index in [1.807, 2.05) is 24.3 Å². The van der Waals surface area contributed by atoms with E-state index in [1.165, 1.54) is 22.9 Å². The molecule has 0 saturated heterocycles. The first kappa shape index (κ1) is 19.3. The third kappa shape index (κ3) is 3.77. The number of nitro groups is 1. The SMILES string of the molecule is CC(=NNC(=O)CCn1c2ccccc2c2ccccc21)c1ccc([N+](=O)[O-])cc1. The number of nitrogens with zero attached hydrogens (tertiary/aromatic N) is 3. The minimum Gasteiger partial charge on any atom is -0.340 e. The quantitative estimate of drug-likeness (QED) is 0.291. The summed E-state index contributed by atoms with van der Waals surface area (Å²) in [7, 11) is 0. The largest absolute Gasteiger partial charge is 0.340 e. The summed E-state index contributed by atoms with van der Waals surface area (Å²) in [6, 6.07) is 22.4. The molecule has 7 heteroatoms. The number of aryl methyl sites for hydroxylation is 1. The lowest BCUT2D eigenvalue weighted by atomic mass is 10.1. The zero-order chi connectivity index (χ0) is 21.1. The summed E-state index contributed by atoms with van der Waals surface area (Å²) < 4.78 is 2.15. The highest BCUT2D eigenvalue weighted by Crippen LogP contribution is 2.28. The number of hydrogen-bond acceptors (Lipinski definition) is 4. The number of amides is 1. The van der Waals surface area contributed by atoms with Gasteiger partial charge >= 0.3 is 0 Å². The van der Waals surface area contributed by atoms with Crippen LogP contribution in [0.25, 0.3) is 21.8 Å². The zero-order valence-corrected chi connectivity index (χ0v) is 16.4. The highest BCUT2D eigenvalue weighted by molar-refractivity contribution is 6.08. The molecule has 0 unspecified atom stereocenters. The van der Waals surface area contributed by atoms with Crippen molar-refractivity contribution < 1.29 is 9.72 Å². The fraction of sp³-hybridized carbons (Fsp3) is 0.130. The van der Waals surface area contributed by atoms with E-state index in [-0.39, 0.29) is 18.0 Å². The number of para-hydroxylation sites is 2. The molecule has 0 saturated carbocycles. The molecule has 30 heavy (non-hydrogen) atoms. The van der Waals surface area contributed by atoms with Crippen molar-refractivity contribution in [1.29, 1.82) is 0 Å². The Kier molecular flexibility index (Phi) is 5.26. The van der Waals surface area contributed by atoms with E-state index in [0.29, 0.717) is 17.8 Å². The van der Waals surface area contributed by atoms with Gasteiger partial charge in [-0.25, -0.2) is 5.43 Å². The lowest BCUT2D eigenvalue weighted by Crippen LogP contribution is -2.20. The fourth-order valence-corrected chi connectivity index (χ4v) is 3.55. The number of aromatic nitrogens is 1. The molecular formula is C23H20N4O3. The average molecular weight is 400 g/mol. The summed E-state index contributed by atoms with van der Waals surface area (Å²) in [5, 5.41) is 17.2. The molecule has 1 aromatic heterocycles. The summed E-state index contributed by atoms with van der Waals surface area (Å²) in [5.74, 6) is -0.196. The lowest BCUT2D eigenvalue weighted by molar-refractivity contribution is -0.384. The predicted octanol–water partition coefficient (Wildman–Crippen LogP) is 4.63. The second-order valence-electron chi connectivity index (χ2n) is 6.97. The van der Waals surface area contributed by atoms with Gasteiger partial charge in [0.05, 0.1) is 10.6 Å². The number of fused-ring (bicyclic) bond motifs is 3. The van der Waals surface area contributed by atoms with Crippen LogP contribution in [-0.2, 0) is 11.3 Å². The topological polar surface area (TPSA) is 89.5 Å². The van der Waals surface area contributed by atoms with Gasteiger partial charge in [0, 0.05) is 46.9 Å². The third-order valence-corrected chi connectivity index (χ3v) is 5.09.